The van der Waals surface area contributed by atoms with Crippen LogP contribution in [0, 0.1) is 0 Å². The number of hydrogen-bond acceptors (Lipinski definition) is 2. The van der Waals surface area contributed by atoms with Crippen LogP contribution >= 0.6 is 0 Å². The van der Waals surface area contributed by atoms with Crippen LogP contribution in [0.5, 0.6) is 0 Å². The summed E-state index contributed by atoms with van der Waals surface area (Å²) in [4.78, 5) is 9.79. The molecule has 0 radical (unpaired) electrons. The van der Waals surface area contributed by atoms with Gasteiger partial charge in [-0.15, -0.1) is 0 Å². The minimum Gasteiger partial charge on any atom is -0.309 e. The lowest BCUT2D eigenvalue weighted by atomic mass is 9.76. The van der Waals surface area contributed by atoms with Gasteiger partial charge in [0.15, 0.2) is 0 Å². The van der Waals surface area contributed by atoms with E-state index in [0.717, 1.165) is 33.8 Å². The topological polar surface area (TPSA) is 35.6 Å². The van der Waals surface area contributed by atoms with Gasteiger partial charge in [0.05, 0.1) is 27.8 Å². The van der Waals surface area contributed by atoms with Gasteiger partial charge in [-0.3, -0.25) is 9.55 Å². The zero-order chi connectivity index (χ0) is 31.3. The van der Waals surface area contributed by atoms with Crippen LogP contribution in [0.15, 0.2) is 146 Å². The van der Waals surface area contributed by atoms with Gasteiger partial charge in [0.2, 0.25) is 0 Å². The number of pyridine rings is 2. The number of hydrogen-bond donors (Lipinski definition) is 0. The van der Waals surface area contributed by atoms with Crippen LogP contribution in [0.4, 0.5) is 0 Å². The molecule has 4 nitrogen and oxygen atoms in total. The average Bonchev–Trinajstić information content (AvgIpc) is 3.64. The second-order valence-electron chi connectivity index (χ2n) is 13.1. The molecule has 4 heteroatoms. The summed E-state index contributed by atoms with van der Waals surface area (Å²) in [6, 6.07) is 48.2. The third kappa shape index (κ3) is 3.64. The molecule has 0 aliphatic carbocycles. The largest absolute Gasteiger partial charge is 0.309 e. The Kier molecular flexibility index (Phi) is 5.31. The molecule has 10 rings (SSSR count). The van der Waals surface area contributed by atoms with Crippen molar-refractivity contribution in [1.29, 1.82) is 0 Å². The fraction of sp³-hybridized carbons (Fsp3) is 0.0698. The second-order valence-corrected chi connectivity index (χ2v) is 13.1. The van der Waals surface area contributed by atoms with Gasteiger partial charge in [-0.2, -0.15) is 0 Å². The Morgan fingerprint density at radius 2 is 1.21 bits per heavy atom. The third-order valence-electron chi connectivity index (χ3n) is 10.2. The van der Waals surface area contributed by atoms with Crippen molar-refractivity contribution in [3.05, 3.63) is 157 Å². The standard InChI is InChI=1S/C43H30N4/c1-43(2)35-14-8-13-34-33-20-18-30(26-40(33)47(41(34)35)42-36(43)15-9-22-45-42)46-38-16-7-6-12-31(38)32-19-17-29(25-39(32)46)37-24-28(21-23-44-37)27-10-4-3-5-11-27/h3-26H,1-2H3. The van der Waals surface area contributed by atoms with Gasteiger partial charge in [-0.25, -0.2) is 4.98 Å². The summed E-state index contributed by atoms with van der Waals surface area (Å²) >= 11 is 0. The monoisotopic (exact) mass is 602 g/mol. The van der Waals surface area contributed by atoms with E-state index in [2.05, 4.69) is 156 Å². The molecule has 0 N–H and O–H groups in total. The predicted octanol–water partition coefficient (Wildman–Crippen LogP) is 10.6. The molecule has 1 aliphatic heterocycles. The van der Waals surface area contributed by atoms with E-state index in [1.165, 1.54) is 54.8 Å². The van der Waals surface area contributed by atoms with Gasteiger partial charge < -0.3 is 4.57 Å². The van der Waals surface area contributed by atoms with Crippen molar-refractivity contribution in [2.45, 2.75) is 19.3 Å². The smallest absolute Gasteiger partial charge is 0.141 e. The Bertz CT molecular complexity index is 2710. The maximum atomic E-state index is 4.98. The highest BCUT2D eigenvalue weighted by Crippen LogP contribution is 2.47. The van der Waals surface area contributed by atoms with Gasteiger partial charge in [0.1, 0.15) is 5.82 Å². The molecule has 47 heavy (non-hydrogen) atoms. The van der Waals surface area contributed by atoms with E-state index in [0.29, 0.717) is 0 Å². The van der Waals surface area contributed by atoms with Crippen LogP contribution < -0.4 is 0 Å². The average molecular weight is 603 g/mol. The van der Waals surface area contributed by atoms with Crippen LogP contribution in [0.3, 0.4) is 0 Å². The molecule has 0 saturated carbocycles. The van der Waals surface area contributed by atoms with Crippen LogP contribution in [-0.4, -0.2) is 19.1 Å². The first-order valence-electron chi connectivity index (χ1n) is 16.2. The Balaban J connectivity index is 1.24. The predicted molar refractivity (Wildman–Crippen MR) is 194 cm³/mol. The maximum absolute atomic E-state index is 4.98. The number of fused-ring (bicyclic) bond motifs is 8. The van der Waals surface area contributed by atoms with Crippen LogP contribution in [0.2, 0.25) is 0 Å². The molecule has 0 unspecified atom stereocenters. The molecule has 0 amide bonds. The van der Waals surface area contributed by atoms with E-state index in [-0.39, 0.29) is 5.41 Å². The van der Waals surface area contributed by atoms with E-state index < -0.39 is 0 Å². The molecule has 9 aromatic rings. The number of rotatable bonds is 3. The van der Waals surface area contributed by atoms with Crippen molar-refractivity contribution in [3.8, 4) is 33.9 Å². The summed E-state index contributed by atoms with van der Waals surface area (Å²) in [5.41, 5.74) is 12.7. The Hall–Kier alpha value is -6.00. The van der Waals surface area contributed by atoms with E-state index >= 15 is 0 Å². The van der Waals surface area contributed by atoms with Crippen molar-refractivity contribution in [3.63, 3.8) is 0 Å². The molecular formula is C43H30N4. The van der Waals surface area contributed by atoms with Gasteiger partial charge in [-0.05, 0) is 59.2 Å². The highest BCUT2D eigenvalue weighted by molar-refractivity contribution is 6.13. The molecule has 4 aromatic heterocycles. The maximum Gasteiger partial charge on any atom is 0.141 e. The molecule has 5 aromatic carbocycles. The van der Waals surface area contributed by atoms with Gasteiger partial charge in [0.25, 0.3) is 0 Å². The summed E-state index contributed by atoms with van der Waals surface area (Å²) in [5.74, 6) is 1.02. The van der Waals surface area contributed by atoms with Crippen molar-refractivity contribution < 1.29 is 0 Å². The fourth-order valence-corrected chi connectivity index (χ4v) is 7.93. The number of nitrogens with zero attached hydrogens (tertiary/aromatic N) is 4. The second kappa shape index (κ2) is 9.51. The number of benzene rings is 5. The summed E-state index contributed by atoms with van der Waals surface area (Å²) in [6.07, 6.45) is 3.83. The number of aromatic nitrogens is 4. The van der Waals surface area contributed by atoms with Crippen molar-refractivity contribution in [2.24, 2.45) is 0 Å². The molecule has 0 spiro atoms. The zero-order valence-corrected chi connectivity index (χ0v) is 26.1. The highest BCUT2D eigenvalue weighted by atomic mass is 15.1. The molecule has 0 bridgehead atoms. The van der Waals surface area contributed by atoms with Crippen molar-refractivity contribution >= 4 is 43.6 Å². The SMILES string of the molecule is CC1(C)c2cccnc2-n2c3cc(-n4c5ccccc5c5ccc(-c6cc(-c7ccccc7)ccn6)cc54)ccc3c3cccc1c32. The lowest BCUT2D eigenvalue weighted by Gasteiger charge is -2.33. The van der Waals surface area contributed by atoms with Gasteiger partial charge >= 0.3 is 0 Å². The Morgan fingerprint density at radius 3 is 2.13 bits per heavy atom. The quantitative estimate of drug-likeness (QED) is 0.202. The summed E-state index contributed by atoms with van der Waals surface area (Å²) in [7, 11) is 0. The van der Waals surface area contributed by atoms with Crippen molar-refractivity contribution in [2.75, 3.05) is 0 Å². The lowest BCUT2D eigenvalue weighted by Crippen LogP contribution is -2.26. The highest BCUT2D eigenvalue weighted by Gasteiger charge is 2.35. The van der Waals surface area contributed by atoms with Crippen LogP contribution in [-0.2, 0) is 5.41 Å². The minimum absolute atomic E-state index is 0.147. The van der Waals surface area contributed by atoms with E-state index in [9.17, 15) is 0 Å². The zero-order valence-electron chi connectivity index (χ0n) is 26.1. The van der Waals surface area contributed by atoms with Crippen LogP contribution in [0.1, 0.15) is 25.0 Å². The van der Waals surface area contributed by atoms with Crippen molar-refractivity contribution in [1.82, 2.24) is 19.1 Å². The third-order valence-corrected chi connectivity index (χ3v) is 10.2. The van der Waals surface area contributed by atoms with E-state index in [4.69, 9.17) is 9.97 Å². The fourth-order valence-electron chi connectivity index (χ4n) is 7.93. The molecule has 0 saturated heterocycles. The minimum atomic E-state index is -0.147. The molecule has 222 valence electrons. The molecule has 1 aliphatic rings. The number of para-hydroxylation sites is 2. The lowest BCUT2D eigenvalue weighted by molar-refractivity contribution is 0.624. The van der Waals surface area contributed by atoms with E-state index in [1.807, 2.05) is 12.4 Å². The molecule has 0 atom stereocenters. The molecule has 0 fully saturated rings. The van der Waals surface area contributed by atoms with Crippen LogP contribution in [0.25, 0.3) is 77.5 Å². The van der Waals surface area contributed by atoms with E-state index in [1.54, 1.807) is 0 Å². The first-order chi connectivity index (χ1) is 23.1. The Labute approximate surface area is 272 Å². The molecule has 5 heterocycles. The summed E-state index contributed by atoms with van der Waals surface area (Å²) < 4.78 is 4.80. The van der Waals surface area contributed by atoms with Gasteiger partial charge in [-0.1, -0.05) is 105 Å². The normalized spacial score (nSPS) is 13.5. The Morgan fingerprint density at radius 1 is 0.468 bits per heavy atom. The first-order valence-corrected chi connectivity index (χ1v) is 16.2. The summed E-state index contributed by atoms with van der Waals surface area (Å²) in [5, 5.41) is 4.96. The summed E-state index contributed by atoms with van der Waals surface area (Å²) in [6.45, 7) is 4.63. The van der Waals surface area contributed by atoms with Gasteiger partial charge in [0, 0.05) is 56.2 Å². The molecular weight excluding hydrogens is 573 g/mol. The first kappa shape index (κ1) is 26.2.